The highest BCUT2D eigenvalue weighted by Crippen LogP contribution is 2.32. The van der Waals surface area contributed by atoms with E-state index in [1.807, 2.05) is 49.4 Å². The van der Waals surface area contributed by atoms with Crippen molar-refractivity contribution < 1.29 is 9.47 Å². The van der Waals surface area contributed by atoms with Gasteiger partial charge in [-0.15, -0.1) is 0 Å². The first-order chi connectivity index (χ1) is 12.7. The molecule has 0 spiro atoms. The van der Waals surface area contributed by atoms with Gasteiger partial charge in [0.2, 0.25) is 0 Å². The normalized spacial score (nSPS) is 11.0. The summed E-state index contributed by atoms with van der Waals surface area (Å²) in [5, 5.41) is 15.5. The molecule has 1 heterocycles. The van der Waals surface area contributed by atoms with Crippen LogP contribution >= 0.6 is 11.6 Å². The molecule has 1 aromatic heterocycles. The molecule has 0 bridgehead atoms. The molecule has 0 saturated carbocycles. The Morgan fingerprint density at radius 1 is 1.19 bits per heavy atom. The molecule has 9 heteroatoms. The van der Waals surface area contributed by atoms with Crippen LogP contribution < -0.4 is 15.2 Å². The van der Waals surface area contributed by atoms with Gasteiger partial charge in [0.25, 0.3) is 5.95 Å². The lowest BCUT2D eigenvalue weighted by Gasteiger charge is -2.14. The summed E-state index contributed by atoms with van der Waals surface area (Å²) in [6, 6.07) is 13.0. The predicted octanol–water partition coefficient (Wildman–Crippen LogP) is 2.77. The molecule has 8 nitrogen and oxygen atoms in total. The van der Waals surface area contributed by atoms with E-state index in [4.69, 9.17) is 26.8 Å². The summed E-state index contributed by atoms with van der Waals surface area (Å²) in [5.74, 6) is 1.23. The number of nitrogens with two attached hydrogens (primary N) is 1. The van der Waals surface area contributed by atoms with Gasteiger partial charge in [0, 0.05) is 16.1 Å². The fourth-order valence-corrected chi connectivity index (χ4v) is 2.40. The van der Waals surface area contributed by atoms with Crippen LogP contribution in [0.25, 0.3) is 0 Å². The van der Waals surface area contributed by atoms with E-state index in [1.165, 1.54) is 0 Å². The lowest BCUT2D eigenvalue weighted by atomic mass is 10.2. The molecule has 0 aliphatic heterocycles. The number of halogens is 1. The van der Waals surface area contributed by atoms with Crippen LogP contribution in [0, 0.1) is 0 Å². The number of hydrogen-bond acceptors (Lipinski definition) is 7. The van der Waals surface area contributed by atoms with Crippen molar-refractivity contribution in [2.24, 2.45) is 5.10 Å². The molecule has 0 amide bonds. The molecule has 134 valence electrons. The summed E-state index contributed by atoms with van der Waals surface area (Å²) in [5.41, 5.74) is 7.18. The third kappa shape index (κ3) is 4.09. The van der Waals surface area contributed by atoms with Gasteiger partial charge in [-0.25, -0.2) is 0 Å². The summed E-state index contributed by atoms with van der Waals surface area (Å²) >= 11 is 6.20. The van der Waals surface area contributed by atoms with Crippen molar-refractivity contribution in [3.05, 3.63) is 58.6 Å². The fourth-order valence-electron chi connectivity index (χ4n) is 2.21. The monoisotopic (exact) mass is 372 g/mol. The van der Waals surface area contributed by atoms with Gasteiger partial charge in [0.15, 0.2) is 11.5 Å². The molecular weight excluding hydrogens is 356 g/mol. The Balaban J connectivity index is 1.89. The molecule has 2 N–H and O–H groups in total. The molecule has 0 fully saturated rings. The number of aromatic nitrogens is 4. The molecule has 0 atom stereocenters. The zero-order valence-electron chi connectivity index (χ0n) is 14.0. The molecule has 0 radical (unpaired) electrons. The molecule has 0 aliphatic carbocycles. The zero-order chi connectivity index (χ0) is 18.4. The number of nitrogen functional groups attached to an aromatic ring is 1. The number of tetrazole rings is 1. The summed E-state index contributed by atoms with van der Waals surface area (Å²) in [6.45, 7) is 2.70. The minimum atomic E-state index is 0.0840. The molecule has 2 aromatic carbocycles. The Morgan fingerprint density at radius 2 is 2.04 bits per heavy atom. The molecule has 0 unspecified atom stereocenters. The van der Waals surface area contributed by atoms with E-state index in [0.717, 1.165) is 10.4 Å². The van der Waals surface area contributed by atoms with Crippen LogP contribution in [0.4, 0.5) is 5.95 Å². The summed E-state index contributed by atoms with van der Waals surface area (Å²) in [6.07, 6.45) is 1.55. The van der Waals surface area contributed by atoms with Crippen LogP contribution in [-0.2, 0) is 6.61 Å². The van der Waals surface area contributed by atoms with E-state index in [2.05, 4.69) is 20.6 Å². The highest BCUT2D eigenvalue weighted by Gasteiger charge is 2.11. The molecule has 26 heavy (non-hydrogen) atoms. The Morgan fingerprint density at radius 3 is 2.77 bits per heavy atom. The van der Waals surface area contributed by atoms with Crippen LogP contribution in [0.5, 0.6) is 11.5 Å². The van der Waals surface area contributed by atoms with Gasteiger partial charge < -0.3 is 15.2 Å². The van der Waals surface area contributed by atoms with Crippen molar-refractivity contribution in [1.82, 2.24) is 20.3 Å². The molecule has 3 aromatic rings. The second-order valence-corrected chi connectivity index (χ2v) is 5.57. The van der Waals surface area contributed by atoms with E-state index < -0.39 is 0 Å². The van der Waals surface area contributed by atoms with Gasteiger partial charge in [-0.1, -0.05) is 45.8 Å². The second-order valence-electron chi connectivity index (χ2n) is 5.16. The number of hydrogen-bond donors (Lipinski definition) is 1. The van der Waals surface area contributed by atoms with Crippen molar-refractivity contribution in [3.8, 4) is 11.5 Å². The number of ether oxygens (including phenoxy) is 2. The maximum atomic E-state index is 6.20. The highest BCUT2D eigenvalue weighted by atomic mass is 35.5. The maximum absolute atomic E-state index is 6.20. The van der Waals surface area contributed by atoms with Gasteiger partial charge in [-0.2, -0.15) is 5.10 Å². The number of anilines is 1. The largest absolute Gasteiger partial charge is 0.490 e. The molecular formula is C17H17ClN6O2. The first-order valence-electron chi connectivity index (χ1n) is 7.89. The summed E-state index contributed by atoms with van der Waals surface area (Å²) < 4.78 is 11.7. The van der Waals surface area contributed by atoms with Crippen molar-refractivity contribution in [1.29, 1.82) is 0 Å². The Labute approximate surface area is 155 Å². The minimum Gasteiger partial charge on any atom is -0.490 e. The average Bonchev–Trinajstić information content (AvgIpc) is 3.05. The van der Waals surface area contributed by atoms with Crippen LogP contribution in [0.15, 0.2) is 47.6 Å². The van der Waals surface area contributed by atoms with Gasteiger partial charge in [-0.05, 0) is 35.5 Å². The van der Waals surface area contributed by atoms with E-state index in [0.29, 0.717) is 28.7 Å². The first kappa shape index (κ1) is 17.7. The van der Waals surface area contributed by atoms with Gasteiger partial charge in [0.1, 0.15) is 6.61 Å². The summed E-state index contributed by atoms with van der Waals surface area (Å²) in [7, 11) is 0. The lowest BCUT2D eigenvalue weighted by Crippen LogP contribution is -2.04. The fraction of sp³-hybridized carbons (Fsp3) is 0.176. The number of nitrogens with zero attached hydrogens (tertiary/aromatic N) is 5. The second kappa shape index (κ2) is 8.30. The van der Waals surface area contributed by atoms with E-state index in [-0.39, 0.29) is 12.6 Å². The number of para-hydroxylation sites is 1. The predicted molar refractivity (Wildman–Crippen MR) is 98.6 cm³/mol. The van der Waals surface area contributed by atoms with E-state index >= 15 is 0 Å². The smallest absolute Gasteiger partial charge is 0.263 e. The Bertz CT molecular complexity index is 912. The first-order valence-corrected chi connectivity index (χ1v) is 8.27. The van der Waals surface area contributed by atoms with Crippen LogP contribution in [0.2, 0.25) is 5.02 Å². The SMILES string of the molecule is CCOc1cccc(C=Nn2nnnc2N)c1OCc1ccccc1Cl. The zero-order valence-corrected chi connectivity index (χ0v) is 14.8. The quantitative estimate of drug-likeness (QED) is 0.640. The maximum Gasteiger partial charge on any atom is 0.263 e. The van der Waals surface area contributed by atoms with Crippen LogP contribution in [-0.4, -0.2) is 33.1 Å². The minimum absolute atomic E-state index is 0.0840. The topological polar surface area (TPSA) is 100 Å². The van der Waals surface area contributed by atoms with Gasteiger partial charge in [0.05, 0.1) is 12.8 Å². The Hall–Kier alpha value is -3.13. The summed E-state index contributed by atoms with van der Waals surface area (Å²) in [4.78, 5) is 1.12. The number of benzene rings is 2. The standard InChI is InChI=1S/C17H17ClN6O2/c1-2-25-15-9-5-7-12(10-20-24-17(19)21-22-23-24)16(15)26-11-13-6-3-4-8-14(13)18/h3-10H,2,11H2,1H3,(H2,19,21,23). The molecule has 0 aliphatic rings. The van der Waals surface area contributed by atoms with Crippen molar-refractivity contribution in [3.63, 3.8) is 0 Å². The van der Waals surface area contributed by atoms with E-state index in [1.54, 1.807) is 6.21 Å². The molecule has 0 saturated heterocycles. The van der Waals surface area contributed by atoms with Crippen LogP contribution in [0.3, 0.4) is 0 Å². The number of rotatable bonds is 7. The lowest BCUT2D eigenvalue weighted by molar-refractivity contribution is 0.269. The van der Waals surface area contributed by atoms with Crippen molar-refractivity contribution in [2.75, 3.05) is 12.3 Å². The van der Waals surface area contributed by atoms with Gasteiger partial charge in [-0.3, -0.25) is 0 Å². The third-order valence-corrected chi connectivity index (χ3v) is 3.79. The average molecular weight is 373 g/mol. The van der Waals surface area contributed by atoms with Crippen LogP contribution in [0.1, 0.15) is 18.1 Å². The van der Waals surface area contributed by atoms with Crippen molar-refractivity contribution in [2.45, 2.75) is 13.5 Å². The molecule has 3 rings (SSSR count). The van der Waals surface area contributed by atoms with Crippen molar-refractivity contribution >= 4 is 23.8 Å². The highest BCUT2D eigenvalue weighted by molar-refractivity contribution is 6.31. The van der Waals surface area contributed by atoms with Gasteiger partial charge >= 0.3 is 0 Å². The third-order valence-electron chi connectivity index (χ3n) is 3.42. The Kier molecular flexibility index (Phi) is 5.65. The van der Waals surface area contributed by atoms with E-state index in [9.17, 15) is 0 Å².